The number of methoxy groups -OCH3 is 3. The highest BCUT2D eigenvalue weighted by Crippen LogP contribution is 2.50. The lowest BCUT2D eigenvalue weighted by atomic mass is 9.66. The Morgan fingerprint density at radius 1 is 1.03 bits per heavy atom. The Kier molecular flexibility index (Phi) is 6.71. The number of carbonyl (C=O) groups excluding carboxylic acids is 1. The topological polar surface area (TPSA) is 86.7 Å². The Morgan fingerprint density at radius 3 is 2.50 bits per heavy atom. The van der Waals surface area contributed by atoms with Crippen LogP contribution in [0.2, 0.25) is 0 Å². The normalized spacial score (nSPS) is 24.9. The van der Waals surface area contributed by atoms with Gasteiger partial charge in [0.25, 0.3) is 0 Å². The van der Waals surface area contributed by atoms with Crippen molar-refractivity contribution in [1.82, 2.24) is 4.90 Å². The molecule has 192 valence electrons. The van der Waals surface area contributed by atoms with Gasteiger partial charge < -0.3 is 33.7 Å². The summed E-state index contributed by atoms with van der Waals surface area (Å²) in [4.78, 5) is 15.5. The van der Waals surface area contributed by atoms with E-state index in [4.69, 9.17) is 23.7 Å². The van der Waals surface area contributed by atoms with E-state index < -0.39 is 5.60 Å². The average molecular weight is 496 g/mol. The van der Waals surface area contributed by atoms with E-state index in [9.17, 15) is 9.90 Å². The summed E-state index contributed by atoms with van der Waals surface area (Å²) >= 11 is 0. The second kappa shape index (κ2) is 9.93. The minimum atomic E-state index is -0.767. The first-order chi connectivity index (χ1) is 17.5. The van der Waals surface area contributed by atoms with Crippen LogP contribution in [0.25, 0.3) is 6.08 Å². The van der Waals surface area contributed by atoms with Gasteiger partial charge in [0.15, 0.2) is 23.0 Å². The van der Waals surface area contributed by atoms with Crippen LogP contribution < -0.4 is 23.7 Å². The quantitative estimate of drug-likeness (QED) is 0.597. The number of amides is 1. The van der Waals surface area contributed by atoms with Crippen molar-refractivity contribution >= 4 is 12.0 Å². The Morgan fingerprint density at radius 2 is 1.78 bits per heavy atom. The number of hydrogen-bond donors (Lipinski definition) is 1. The molecule has 36 heavy (non-hydrogen) atoms. The molecule has 8 heteroatoms. The smallest absolute Gasteiger partial charge is 0.247 e. The standard InChI is InChI=1S/C28H33NO7/c1-32-23-14-18(15-24(33-2)27(23)34-3)7-10-25(30)29-13-12-28(31)11-5-4-6-20(28)26(29)19-8-9-21-22(16-19)36-17-35-21/h7-10,14-16,20,26,31H,4-6,11-13,17H2,1-3H3/b10-7+/t20-,26-,28-/m0/s1. The highest BCUT2D eigenvalue weighted by Gasteiger charge is 2.50. The molecule has 0 unspecified atom stereocenters. The fraction of sp³-hybridized carbons (Fsp3) is 0.464. The molecule has 2 aromatic rings. The summed E-state index contributed by atoms with van der Waals surface area (Å²) in [6.45, 7) is 0.668. The number of piperidine rings is 1. The Labute approximate surface area is 211 Å². The van der Waals surface area contributed by atoms with Crippen LogP contribution in [-0.4, -0.2) is 56.2 Å². The zero-order valence-corrected chi connectivity index (χ0v) is 21.0. The molecule has 2 aliphatic heterocycles. The van der Waals surface area contributed by atoms with E-state index in [0.717, 1.165) is 36.8 Å². The summed E-state index contributed by atoms with van der Waals surface area (Å²) in [5.41, 5.74) is 0.943. The van der Waals surface area contributed by atoms with E-state index in [0.29, 0.717) is 41.7 Å². The summed E-state index contributed by atoms with van der Waals surface area (Å²) in [5.74, 6) is 2.77. The van der Waals surface area contributed by atoms with E-state index in [1.807, 2.05) is 23.1 Å². The number of fused-ring (bicyclic) bond motifs is 2. The SMILES string of the molecule is COc1cc(/C=C/C(=O)N2CC[C@@]3(O)CCCC[C@H]3[C@@H]2c2ccc3c(c2)OCO3)cc(OC)c1OC. The maximum Gasteiger partial charge on any atom is 0.247 e. The lowest BCUT2D eigenvalue weighted by Crippen LogP contribution is -2.56. The summed E-state index contributed by atoms with van der Waals surface area (Å²) in [7, 11) is 4.67. The van der Waals surface area contributed by atoms with Crippen molar-refractivity contribution in [2.75, 3.05) is 34.7 Å². The molecule has 2 aromatic carbocycles. The molecular formula is C28H33NO7. The monoisotopic (exact) mass is 495 g/mol. The van der Waals surface area contributed by atoms with E-state index >= 15 is 0 Å². The number of benzene rings is 2. The van der Waals surface area contributed by atoms with Gasteiger partial charge in [-0.05, 0) is 60.7 Å². The fourth-order valence-electron chi connectivity index (χ4n) is 5.90. The number of hydrogen-bond acceptors (Lipinski definition) is 7. The van der Waals surface area contributed by atoms with Crippen LogP contribution >= 0.6 is 0 Å². The molecule has 2 heterocycles. The summed E-state index contributed by atoms with van der Waals surface area (Å²) < 4.78 is 27.4. The minimum absolute atomic E-state index is 0.0427. The minimum Gasteiger partial charge on any atom is -0.493 e. The maximum atomic E-state index is 13.6. The highest BCUT2D eigenvalue weighted by atomic mass is 16.7. The second-order valence-corrected chi connectivity index (χ2v) is 9.59. The van der Waals surface area contributed by atoms with Crippen LogP contribution in [0.15, 0.2) is 36.4 Å². The van der Waals surface area contributed by atoms with Crippen LogP contribution in [-0.2, 0) is 4.79 Å². The van der Waals surface area contributed by atoms with Crippen LogP contribution in [0.1, 0.15) is 49.3 Å². The van der Waals surface area contributed by atoms with Gasteiger partial charge in [-0.2, -0.15) is 0 Å². The highest BCUT2D eigenvalue weighted by molar-refractivity contribution is 5.92. The molecule has 0 spiro atoms. The molecule has 1 amide bonds. The van der Waals surface area contributed by atoms with E-state index in [2.05, 4.69) is 0 Å². The van der Waals surface area contributed by atoms with Gasteiger partial charge in [0.05, 0.1) is 33.0 Å². The Hall–Kier alpha value is -3.39. The largest absolute Gasteiger partial charge is 0.493 e. The third-order valence-corrected chi connectivity index (χ3v) is 7.69. The van der Waals surface area contributed by atoms with Gasteiger partial charge in [-0.15, -0.1) is 0 Å². The number of aliphatic hydroxyl groups is 1. The summed E-state index contributed by atoms with van der Waals surface area (Å²) in [6.07, 6.45) is 7.59. The van der Waals surface area contributed by atoms with Crippen LogP contribution in [0, 0.1) is 5.92 Å². The molecule has 0 aromatic heterocycles. The molecular weight excluding hydrogens is 462 g/mol. The van der Waals surface area contributed by atoms with Gasteiger partial charge in [0.1, 0.15) is 0 Å². The molecule has 1 saturated carbocycles. The molecule has 0 radical (unpaired) electrons. The Bertz CT molecular complexity index is 1140. The van der Waals surface area contributed by atoms with Gasteiger partial charge in [0, 0.05) is 18.5 Å². The number of carbonyl (C=O) groups is 1. The molecule has 5 rings (SSSR count). The number of likely N-dealkylation sites (tertiary alicyclic amines) is 1. The van der Waals surface area contributed by atoms with Crippen molar-refractivity contribution in [3.8, 4) is 28.7 Å². The number of rotatable bonds is 6. The molecule has 3 atom stereocenters. The first kappa shape index (κ1) is 24.3. The van der Waals surface area contributed by atoms with Crippen molar-refractivity contribution in [3.63, 3.8) is 0 Å². The molecule has 2 fully saturated rings. The van der Waals surface area contributed by atoms with E-state index in [1.165, 1.54) is 0 Å². The van der Waals surface area contributed by atoms with Gasteiger partial charge in [-0.25, -0.2) is 0 Å². The predicted molar refractivity (Wildman–Crippen MR) is 134 cm³/mol. The second-order valence-electron chi connectivity index (χ2n) is 9.59. The van der Waals surface area contributed by atoms with Gasteiger partial charge >= 0.3 is 0 Å². The molecule has 8 nitrogen and oxygen atoms in total. The third-order valence-electron chi connectivity index (χ3n) is 7.69. The van der Waals surface area contributed by atoms with Gasteiger partial charge in [0.2, 0.25) is 18.4 Å². The van der Waals surface area contributed by atoms with Gasteiger partial charge in [-0.1, -0.05) is 18.9 Å². The van der Waals surface area contributed by atoms with Crippen LogP contribution in [0.3, 0.4) is 0 Å². The molecule has 1 aliphatic carbocycles. The lowest BCUT2D eigenvalue weighted by molar-refractivity contribution is -0.150. The maximum absolute atomic E-state index is 13.6. The first-order valence-corrected chi connectivity index (χ1v) is 12.4. The predicted octanol–water partition coefficient (Wildman–Crippen LogP) is 4.35. The average Bonchev–Trinajstić information content (AvgIpc) is 3.38. The van der Waals surface area contributed by atoms with Crippen LogP contribution in [0.5, 0.6) is 28.7 Å². The first-order valence-electron chi connectivity index (χ1n) is 12.4. The van der Waals surface area contributed by atoms with E-state index in [-0.39, 0.29) is 24.7 Å². The number of ether oxygens (including phenoxy) is 5. The van der Waals surface area contributed by atoms with Crippen molar-refractivity contribution in [2.45, 2.75) is 43.7 Å². The lowest BCUT2D eigenvalue weighted by Gasteiger charge is -2.52. The molecule has 3 aliphatic rings. The summed E-state index contributed by atoms with van der Waals surface area (Å²) in [5, 5.41) is 11.5. The van der Waals surface area contributed by atoms with E-state index in [1.54, 1.807) is 45.6 Å². The zero-order valence-electron chi connectivity index (χ0n) is 21.0. The molecule has 0 bridgehead atoms. The number of nitrogens with zero attached hydrogens (tertiary/aromatic N) is 1. The third kappa shape index (κ3) is 4.34. The summed E-state index contributed by atoms with van der Waals surface area (Å²) in [6, 6.07) is 9.18. The Balaban J connectivity index is 1.47. The van der Waals surface area contributed by atoms with Crippen molar-refractivity contribution in [1.29, 1.82) is 0 Å². The van der Waals surface area contributed by atoms with Gasteiger partial charge in [-0.3, -0.25) is 4.79 Å². The zero-order chi connectivity index (χ0) is 25.3. The fourth-order valence-corrected chi connectivity index (χ4v) is 5.90. The molecule has 1 saturated heterocycles. The van der Waals surface area contributed by atoms with Crippen molar-refractivity contribution in [3.05, 3.63) is 47.5 Å². The van der Waals surface area contributed by atoms with Crippen molar-refractivity contribution in [2.24, 2.45) is 5.92 Å². The molecule has 1 N–H and O–H groups in total. The van der Waals surface area contributed by atoms with Crippen molar-refractivity contribution < 1.29 is 33.6 Å². The van der Waals surface area contributed by atoms with Crippen LogP contribution in [0.4, 0.5) is 0 Å².